The molecule has 0 aliphatic heterocycles. The summed E-state index contributed by atoms with van der Waals surface area (Å²) < 4.78 is 13.0. The molecule has 1 unspecified atom stereocenters. The molecule has 0 heterocycles. The second-order valence-electron chi connectivity index (χ2n) is 4.07. The Morgan fingerprint density at radius 2 is 2.19 bits per heavy atom. The number of benzene rings is 1. The van der Waals surface area contributed by atoms with Gasteiger partial charge in [-0.15, -0.1) is 0 Å². The van der Waals surface area contributed by atoms with Crippen molar-refractivity contribution in [3.05, 3.63) is 35.1 Å². The highest BCUT2D eigenvalue weighted by molar-refractivity contribution is 5.80. The number of hydrogen-bond donors (Lipinski definition) is 1. The van der Waals surface area contributed by atoms with Crippen molar-refractivity contribution < 1.29 is 9.18 Å². The van der Waals surface area contributed by atoms with Crippen molar-refractivity contribution in [3.63, 3.8) is 0 Å². The molecular formula is C12H17FN2O. The van der Waals surface area contributed by atoms with Crippen molar-refractivity contribution in [2.75, 3.05) is 7.05 Å². The van der Waals surface area contributed by atoms with Crippen LogP contribution in [0.4, 0.5) is 4.39 Å². The van der Waals surface area contributed by atoms with E-state index in [0.717, 1.165) is 5.56 Å². The van der Waals surface area contributed by atoms with E-state index in [4.69, 9.17) is 5.73 Å². The van der Waals surface area contributed by atoms with E-state index in [1.165, 1.54) is 11.0 Å². The lowest BCUT2D eigenvalue weighted by Gasteiger charge is -2.19. The van der Waals surface area contributed by atoms with Gasteiger partial charge in [0.2, 0.25) is 5.91 Å². The number of carbonyl (C=O) groups is 1. The second-order valence-corrected chi connectivity index (χ2v) is 4.07. The summed E-state index contributed by atoms with van der Waals surface area (Å²) in [7, 11) is 1.68. The first kappa shape index (κ1) is 12.6. The average Bonchev–Trinajstić information content (AvgIpc) is 2.22. The first-order valence-corrected chi connectivity index (χ1v) is 5.17. The van der Waals surface area contributed by atoms with Crippen LogP contribution in [0.2, 0.25) is 0 Å². The fourth-order valence-electron chi connectivity index (χ4n) is 1.50. The Balaban J connectivity index is 2.73. The van der Waals surface area contributed by atoms with Crippen molar-refractivity contribution in [3.8, 4) is 0 Å². The van der Waals surface area contributed by atoms with Gasteiger partial charge in [0.1, 0.15) is 5.82 Å². The van der Waals surface area contributed by atoms with Gasteiger partial charge < -0.3 is 10.6 Å². The van der Waals surface area contributed by atoms with E-state index in [9.17, 15) is 9.18 Å². The number of aryl methyl sites for hydroxylation is 1. The molecule has 0 spiro atoms. The Bertz CT molecular complexity index is 391. The average molecular weight is 224 g/mol. The summed E-state index contributed by atoms with van der Waals surface area (Å²) in [4.78, 5) is 13.1. The zero-order valence-electron chi connectivity index (χ0n) is 9.83. The standard InChI is InChI=1S/C12H17FN2O/c1-8-6-10(4-5-11(8)13)7-15(3)12(16)9(2)14/h4-6,9H,7,14H2,1-3H3. The van der Waals surface area contributed by atoms with Crippen LogP contribution >= 0.6 is 0 Å². The highest BCUT2D eigenvalue weighted by atomic mass is 19.1. The van der Waals surface area contributed by atoms with E-state index in [0.29, 0.717) is 12.1 Å². The van der Waals surface area contributed by atoms with Gasteiger partial charge >= 0.3 is 0 Å². The Labute approximate surface area is 95.0 Å². The number of carbonyl (C=O) groups excluding carboxylic acids is 1. The minimum atomic E-state index is -0.508. The van der Waals surface area contributed by atoms with Gasteiger partial charge in [0, 0.05) is 13.6 Å². The van der Waals surface area contributed by atoms with E-state index in [1.807, 2.05) is 0 Å². The fourth-order valence-corrected chi connectivity index (χ4v) is 1.50. The van der Waals surface area contributed by atoms with E-state index < -0.39 is 6.04 Å². The van der Waals surface area contributed by atoms with Crippen LogP contribution in [0, 0.1) is 12.7 Å². The van der Waals surface area contributed by atoms with Crippen molar-refractivity contribution in [2.24, 2.45) is 5.73 Å². The molecule has 0 aliphatic rings. The zero-order chi connectivity index (χ0) is 12.3. The molecule has 1 aromatic carbocycles. The summed E-state index contributed by atoms with van der Waals surface area (Å²) in [5.41, 5.74) is 6.97. The molecule has 1 atom stereocenters. The Morgan fingerprint density at radius 3 is 2.69 bits per heavy atom. The van der Waals surface area contributed by atoms with E-state index in [2.05, 4.69) is 0 Å². The lowest BCUT2D eigenvalue weighted by atomic mass is 10.1. The first-order chi connectivity index (χ1) is 7.41. The highest BCUT2D eigenvalue weighted by Gasteiger charge is 2.13. The molecule has 1 amide bonds. The molecule has 1 rings (SSSR count). The van der Waals surface area contributed by atoms with Crippen LogP contribution in [-0.2, 0) is 11.3 Å². The van der Waals surface area contributed by atoms with E-state index >= 15 is 0 Å². The number of nitrogens with zero attached hydrogens (tertiary/aromatic N) is 1. The monoisotopic (exact) mass is 224 g/mol. The molecule has 2 N–H and O–H groups in total. The molecule has 3 nitrogen and oxygen atoms in total. The maximum Gasteiger partial charge on any atom is 0.239 e. The summed E-state index contributed by atoms with van der Waals surface area (Å²) in [5.74, 6) is -0.355. The smallest absolute Gasteiger partial charge is 0.239 e. The number of nitrogens with two attached hydrogens (primary N) is 1. The van der Waals surface area contributed by atoms with Gasteiger partial charge in [-0.1, -0.05) is 12.1 Å². The highest BCUT2D eigenvalue weighted by Crippen LogP contribution is 2.11. The normalized spacial score (nSPS) is 12.3. The molecule has 0 radical (unpaired) electrons. The first-order valence-electron chi connectivity index (χ1n) is 5.17. The molecule has 0 fully saturated rings. The minimum Gasteiger partial charge on any atom is -0.340 e. The quantitative estimate of drug-likeness (QED) is 0.844. The molecule has 0 saturated heterocycles. The van der Waals surface area contributed by atoms with Gasteiger partial charge in [0.15, 0.2) is 0 Å². The summed E-state index contributed by atoms with van der Waals surface area (Å²) in [6.07, 6.45) is 0. The third kappa shape index (κ3) is 3.03. The van der Waals surface area contributed by atoms with E-state index in [-0.39, 0.29) is 11.7 Å². The number of rotatable bonds is 3. The lowest BCUT2D eigenvalue weighted by molar-refractivity contribution is -0.131. The van der Waals surface area contributed by atoms with Gasteiger partial charge in [0.05, 0.1) is 6.04 Å². The van der Waals surface area contributed by atoms with Gasteiger partial charge in [0.25, 0.3) is 0 Å². The van der Waals surface area contributed by atoms with E-state index in [1.54, 1.807) is 33.0 Å². The molecule has 0 bridgehead atoms. The van der Waals surface area contributed by atoms with Crippen molar-refractivity contribution in [1.29, 1.82) is 0 Å². The van der Waals surface area contributed by atoms with Crippen LogP contribution in [0.15, 0.2) is 18.2 Å². The molecule has 88 valence electrons. The molecular weight excluding hydrogens is 207 g/mol. The van der Waals surface area contributed by atoms with Gasteiger partial charge in [-0.05, 0) is 31.0 Å². The molecule has 0 aliphatic carbocycles. The largest absolute Gasteiger partial charge is 0.340 e. The summed E-state index contributed by atoms with van der Waals surface area (Å²) in [5, 5.41) is 0. The Morgan fingerprint density at radius 1 is 1.56 bits per heavy atom. The van der Waals surface area contributed by atoms with Gasteiger partial charge in [-0.25, -0.2) is 4.39 Å². The number of hydrogen-bond acceptors (Lipinski definition) is 2. The molecule has 16 heavy (non-hydrogen) atoms. The SMILES string of the molecule is Cc1cc(CN(C)C(=O)C(C)N)ccc1F. The summed E-state index contributed by atoms with van der Waals surface area (Å²) in [6, 6.07) is 4.31. The fraction of sp³-hybridized carbons (Fsp3) is 0.417. The second kappa shape index (κ2) is 5.07. The third-order valence-corrected chi connectivity index (χ3v) is 2.41. The zero-order valence-corrected chi connectivity index (χ0v) is 9.83. The number of halogens is 1. The van der Waals surface area contributed by atoms with Crippen LogP contribution in [0.1, 0.15) is 18.1 Å². The van der Waals surface area contributed by atoms with Gasteiger partial charge in [-0.2, -0.15) is 0 Å². The maximum absolute atomic E-state index is 13.0. The van der Waals surface area contributed by atoms with Crippen molar-refractivity contribution in [2.45, 2.75) is 26.4 Å². The Hall–Kier alpha value is -1.42. The minimum absolute atomic E-state index is 0.123. The predicted octanol–water partition coefficient (Wildman–Crippen LogP) is 1.44. The predicted molar refractivity (Wildman–Crippen MR) is 61.3 cm³/mol. The Kier molecular flexibility index (Phi) is 4.01. The van der Waals surface area contributed by atoms with Crippen LogP contribution in [0.5, 0.6) is 0 Å². The van der Waals surface area contributed by atoms with Gasteiger partial charge in [-0.3, -0.25) is 4.79 Å². The van der Waals surface area contributed by atoms with Crippen LogP contribution in [0.3, 0.4) is 0 Å². The summed E-state index contributed by atoms with van der Waals surface area (Å²) >= 11 is 0. The molecule has 0 saturated carbocycles. The lowest BCUT2D eigenvalue weighted by Crippen LogP contribution is -2.39. The topological polar surface area (TPSA) is 46.3 Å². The maximum atomic E-state index is 13.0. The molecule has 1 aromatic rings. The molecule has 4 heteroatoms. The van der Waals surface area contributed by atoms with Crippen molar-refractivity contribution >= 4 is 5.91 Å². The number of amides is 1. The van der Waals surface area contributed by atoms with Crippen molar-refractivity contribution in [1.82, 2.24) is 4.90 Å². The number of likely N-dealkylation sites (N-methyl/N-ethyl adjacent to an activating group) is 1. The van der Waals surface area contributed by atoms with Crippen LogP contribution in [0.25, 0.3) is 0 Å². The van der Waals surface area contributed by atoms with Crippen LogP contribution < -0.4 is 5.73 Å². The summed E-state index contributed by atoms with van der Waals surface area (Å²) in [6.45, 7) is 3.79. The molecule has 0 aromatic heterocycles. The third-order valence-electron chi connectivity index (χ3n) is 2.41. The van der Waals surface area contributed by atoms with Crippen LogP contribution in [-0.4, -0.2) is 23.9 Å².